The summed E-state index contributed by atoms with van der Waals surface area (Å²) in [6.07, 6.45) is 1.42. The van der Waals surface area contributed by atoms with E-state index in [0.717, 1.165) is 11.1 Å². The molecule has 0 aliphatic heterocycles. The van der Waals surface area contributed by atoms with Gasteiger partial charge >= 0.3 is 0 Å². The minimum Gasteiger partial charge on any atom is -0.258 e. The minimum atomic E-state index is -0.491. The maximum atomic E-state index is 10.9. The molecule has 0 saturated carbocycles. The molecule has 9 heteroatoms. The van der Waals surface area contributed by atoms with Gasteiger partial charge in [-0.05, 0) is 25.2 Å². The first-order valence-corrected chi connectivity index (χ1v) is 7.97. The Bertz CT molecular complexity index is 1020. The van der Waals surface area contributed by atoms with E-state index in [2.05, 4.69) is 15.3 Å². The molecule has 0 bridgehead atoms. The first-order chi connectivity index (χ1) is 12.0. The van der Waals surface area contributed by atoms with Gasteiger partial charge in [-0.15, -0.1) is 0 Å². The van der Waals surface area contributed by atoms with Gasteiger partial charge in [0.1, 0.15) is 0 Å². The summed E-state index contributed by atoms with van der Waals surface area (Å²) in [7, 11) is 0. The van der Waals surface area contributed by atoms with Crippen LogP contribution in [0.3, 0.4) is 0 Å². The summed E-state index contributed by atoms with van der Waals surface area (Å²) in [4.78, 5) is 10.4. The SMILES string of the molecule is Cc1ccc(-c2n[nH]c(=S)n2/N=C/c2cc([N+](=O)[O-])ccc2Cl)cc1. The first-order valence-electron chi connectivity index (χ1n) is 7.18. The Hall–Kier alpha value is -2.84. The number of non-ortho nitro benzene ring substituents is 1. The van der Waals surface area contributed by atoms with Gasteiger partial charge in [0.2, 0.25) is 4.77 Å². The third-order valence-corrected chi connectivity index (χ3v) is 4.07. The van der Waals surface area contributed by atoms with Crippen LogP contribution >= 0.6 is 23.8 Å². The fourth-order valence-electron chi connectivity index (χ4n) is 2.15. The Morgan fingerprint density at radius 2 is 2.04 bits per heavy atom. The number of nitro groups is 1. The van der Waals surface area contributed by atoms with Gasteiger partial charge in [-0.25, -0.2) is 5.10 Å². The number of nitrogens with zero attached hydrogens (tertiary/aromatic N) is 4. The molecule has 1 heterocycles. The minimum absolute atomic E-state index is 0.0691. The standard InChI is InChI=1S/C16H12ClN5O2S/c1-10-2-4-11(5-3-10)15-19-20-16(25)21(15)18-9-12-8-13(22(23)24)6-7-14(12)17/h2-9H,1H3,(H,20,25)/b18-9+. The van der Waals surface area contributed by atoms with Crippen molar-refractivity contribution in [1.29, 1.82) is 0 Å². The predicted octanol–water partition coefficient (Wildman–Crippen LogP) is 4.36. The second kappa shape index (κ2) is 6.96. The summed E-state index contributed by atoms with van der Waals surface area (Å²) in [6.45, 7) is 1.99. The molecule has 3 rings (SSSR count). The molecule has 25 heavy (non-hydrogen) atoms. The van der Waals surface area contributed by atoms with Crippen LogP contribution in [0.5, 0.6) is 0 Å². The van der Waals surface area contributed by atoms with E-state index in [1.54, 1.807) is 0 Å². The topological polar surface area (TPSA) is 89.1 Å². The van der Waals surface area contributed by atoms with Crippen molar-refractivity contribution >= 4 is 35.7 Å². The summed E-state index contributed by atoms with van der Waals surface area (Å²) in [5.41, 5.74) is 2.30. The molecular formula is C16H12ClN5O2S. The van der Waals surface area contributed by atoms with Gasteiger partial charge in [0, 0.05) is 28.3 Å². The van der Waals surface area contributed by atoms with E-state index >= 15 is 0 Å². The van der Waals surface area contributed by atoms with Crippen molar-refractivity contribution in [3.05, 3.63) is 73.5 Å². The van der Waals surface area contributed by atoms with Crippen LogP contribution in [0.1, 0.15) is 11.1 Å². The molecule has 126 valence electrons. The molecule has 0 unspecified atom stereocenters. The van der Waals surface area contributed by atoms with Gasteiger partial charge in [0.25, 0.3) is 5.69 Å². The number of benzene rings is 2. The van der Waals surface area contributed by atoms with Crippen LogP contribution in [-0.4, -0.2) is 26.0 Å². The Morgan fingerprint density at radius 1 is 1.32 bits per heavy atom. The molecule has 0 fully saturated rings. The van der Waals surface area contributed by atoms with Crippen LogP contribution in [0.2, 0.25) is 5.02 Å². The van der Waals surface area contributed by atoms with Gasteiger partial charge in [-0.3, -0.25) is 10.1 Å². The fourth-order valence-corrected chi connectivity index (χ4v) is 2.50. The van der Waals surface area contributed by atoms with Crippen molar-refractivity contribution in [2.45, 2.75) is 6.92 Å². The molecule has 7 nitrogen and oxygen atoms in total. The maximum absolute atomic E-state index is 10.9. The summed E-state index contributed by atoms with van der Waals surface area (Å²) in [5.74, 6) is 0.530. The average Bonchev–Trinajstić information content (AvgIpc) is 2.95. The quantitative estimate of drug-likeness (QED) is 0.318. The van der Waals surface area contributed by atoms with Crippen molar-refractivity contribution in [2.24, 2.45) is 5.10 Å². The lowest BCUT2D eigenvalue weighted by atomic mass is 10.1. The number of nitro benzene ring substituents is 1. The second-order valence-corrected chi connectivity index (χ2v) is 6.03. The number of rotatable bonds is 4. The highest BCUT2D eigenvalue weighted by molar-refractivity contribution is 7.71. The molecule has 3 aromatic rings. The molecule has 0 radical (unpaired) electrons. The molecule has 0 aliphatic rings. The Labute approximate surface area is 152 Å². The normalized spacial score (nSPS) is 11.1. The third kappa shape index (κ3) is 3.65. The smallest absolute Gasteiger partial charge is 0.258 e. The highest BCUT2D eigenvalue weighted by atomic mass is 35.5. The predicted molar refractivity (Wildman–Crippen MR) is 98.7 cm³/mol. The van der Waals surface area contributed by atoms with Crippen LogP contribution in [0.15, 0.2) is 47.6 Å². The zero-order valence-corrected chi connectivity index (χ0v) is 14.6. The zero-order valence-electron chi connectivity index (χ0n) is 13.0. The molecule has 0 aliphatic carbocycles. The highest BCUT2D eigenvalue weighted by Crippen LogP contribution is 2.21. The highest BCUT2D eigenvalue weighted by Gasteiger charge is 2.10. The van der Waals surface area contributed by atoms with E-state index in [-0.39, 0.29) is 5.69 Å². The van der Waals surface area contributed by atoms with Gasteiger partial charge in [-0.1, -0.05) is 41.4 Å². The van der Waals surface area contributed by atoms with Gasteiger partial charge < -0.3 is 0 Å². The number of hydrogen-bond acceptors (Lipinski definition) is 5. The lowest BCUT2D eigenvalue weighted by Crippen LogP contribution is -1.96. The number of aryl methyl sites for hydroxylation is 1. The van der Waals surface area contributed by atoms with Gasteiger partial charge in [0.05, 0.1) is 11.1 Å². The first kappa shape index (κ1) is 17.0. The van der Waals surface area contributed by atoms with E-state index in [1.165, 1.54) is 29.1 Å². The Morgan fingerprint density at radius 3 is 2.72 bits per heavy atom. The maximum Gasteiger partial charge on any atom is 0.270 e. The molecular weight excluding hydrogens is 362 g/mol. The van der Waals surface area contributed by atoms with Gasteiger partial charge in [-0.2, -0.15) is 14.9 Å². The summed E-state index contributed by atoms with van der Waals surface area (Å²) in [6, 6.07) is 11.9. The van der Waals surface area contributed by atoms with E-state index in [0.29, 0.717) is 21.2 Å². The van der Waals surface area contributed by atoms with E-state index in [4.69, 9.17) is 23.8 Å². The number of aromatic amines is 1. The number of aromatic nitrogens is 3. The monoisotopic (exact) mass is 373 g/mol. The largest absolute Gasteiger partial charge is 0.270 e. The lowest BCUT2D eigenvalue weighted by molar-refractivity contribution is -0.384. The molecule has 2 aromatic carbocycles. The Balaban J connectivity index is 2.02. The number of H-pyrrole nitrogens is 1. The van der Waals surface area contributed by atoms with E-state index in [1.807, 2.05) is 31.2 Å². The van der Waals surface area contributed by atoms with Crippen LogP contribution < -0.4 is 0 Å². The second-order valence-electron chi connectivity index (χ2n) is 5.24. The zero-order chi connectivity index (χ0) is 18.0. The van der Waals surface area contributed by atoms with Crippen molar-refractivity contribution in [3.63, 3.8) is 0 Å². The summed E-state index contributed by atoms with van der Waals surface area (Å²) < 4.78 is 1.74. The lowest BCUT2D eigenvalue weighted by Gasteiger charge is -2.02. The molecule has 1 N–H and O–H groups in total. The summed E-state index contributed by atoms with van der Waals surface area (Å²) in [5, 5.41) is 22.4. The molecule has 0 spiro atoms. The van der Waals surface area contributed by atoms with Crippen molar-refractivity contribution in [3.8, 4) is 11.4 Å². The van der Waals surface area contributed by atoms with Crippen molar-refractivity contribution in [1.82, 2.24) is 14.9 Å². The van der Waals surface area contributed by atoms with Gasteiger partial charge in [0.15, 0.2) is 5.82 Å². The summed E-state index contributed by atoms with van der Waals surface area (Å²) >= 11 is 11.3. The van der Waals surface area contributed by atoms with Crippen molar-refractivity contribution < 1.29 is 4.92 Å². The fraction of sp³-hybridized carbons (Fsp3) is 0.0625. The molecule has 0 saturated heterocycles. The number of halogens is 1. The molecule has 1 aromatic heterocycles. The van der Waals surface area contributed by atoms with E-state index in [9.17, 15) is 10.1 Å². The van der Waals surface area contributed by atoms with Crippen LogP contribution in [0.4, 0.5) is 5.69 Å². The van der Waals surface area contributed by atoms with Crippen LogP contribution in [0.25, 0.3) is 11.4 Å². The van der Waals surface area contributed by atoms with Crippen molar-refractivity contribution in [2.75, 3.05) is 0 Å². The molecule has 0 atom stereocenters. The third-order valence-electron chi connectivity index (χ3n) is 3.46. The van der Waals surface area contributed by atoms with Crippen LogP contribution in [-0.2, 0) is 0 Å². The van der Waals surface area contributed by atoms with E-state index < -0.39 is 4.92 Å². The number of nitrogens with one attached hydrogen (secondary N) is 1. The average molecular weight is 374 g/mol. The Kier molecular flexibility index (Phi) is 4.73. The van der Waals surface area contributed by atoms with Crippen LogP contribution in [0, 0.1) is 21.8 Å². The molecule has 0 amide bonds. The number of hydrogen-bond donors (Lipinski definition) is 1.